The summed E-state index contributed by atoms with van der Waals surface area (Å²) in [5.41, 5.74) is 11.1. The summed E-state index contributed by atoms with van der Waals surface area (Å²) in [6, 6.07) is 0. The number of nitrogens with two attached hydrogens (primary N) is 2. The first-order chi connectivity index (χ1) is 9.35. The molecule has 0 aromatic carbocycles. The lowest BCUT2D eigenvalue weighted by atomic mass is 10.1. The maximum Gasteiger partial charge on any atom is 0.0701 e. The number of hydrogen-bond donors (Lipinski definition) is 2. The van der Waals surface area contributed by atoms with Gasteiger partial charge in [0.15, 0.2) is 0 Å². The molecule has 0 radical (unpaired) electrons. The summed E-state index contributed by atoms with van der Waals surface area (Å²) >= 11 is 0. The van der Waals surface area contributed by atoms with E-state index >= 15 is 0 Å². The van der Waals surface area contributed by atoms with E-state index in [1.54, 1.807) is 0 Å². The molecule has 0 heterocycles. The van der Waals surface area contributed by atoms with Crippen LogP contribution in [0.2, 0.25) is 0 Å². The van der Waals surface area contributed by atoms with Crippen LogP contribution in [0, 0.1) is 5.92 Å². The molecule has 0 aliphatic heterocycles. The minimum Gasteiger partial charge on any atom is -0.379 e. The zero-order chi connectivity index (χ0) is 14.2. The molecule has 0 aliphatic rings. The fraction of sp³-hybridized carbons (Fsp3) is 1.00. The van der Waals surface area contributed by atoms with E-state index in [0.717, 1.165) is 13.0 Å². The van der Waals surface area contributed by atoms with Crippen molar-refractivity contribution in [3.05, 3.63) is 0 Å². The van der Waals surface area contributed by atoms with Crippen LogP contribution in [0.5, 0.6) is 0 Å². The Morgan fingerprint density at radius 1 is 0.636 bits per heavy atom. The average Bonchev–Trinajstić information content (AvgIpc) is 2.44. The molecule has 0 spiro atoms. The van der Waals surface area contributed by atoms with E-state index in [0.29, 0.717) is 65.3 Å². The van der Waals surface area contributed by atoms with Crippen molar-refractivity contribution in [3.63, 3.8) is 0 Å². The highest BCUT2D eigenvalue weighted by Crippen LogP contribution is 1.98. The second kappa shape index (κ2) is 26.5. The van der Waals surface area contributed by atoms with Crippen molar-refractivity contribution in [3.8, 4) is 0 Å². The van der Waals surface area contributed by atoms with Gasteiger partial charge in [-0.25, -0.2) is 0 Å². The smallest absolute Gasteiger partial charge is 0.0701 e. The van der Waals surface area contributed by atoms with E-state index < -0.39 is 0 Å². The molecule has 0 amide bonds. The molecule has 4 N–H and O–H groups in total. The zero-order valence-corrected chi connectivity index (χ0v) is 15.8. The van der Waals surface area contributed by atoms with Crippen molar-refractivity contribution in [2.45, 2.75) is 13.3 Å². The predicted octanol–water partition coefficient (Wildman–Crippen LogP) is 1.26. The van der Waals surface area contributed by atoms with Crippen LogP contribution < -0.4 is 11.5 Å². The minimum atomic E-state index is 0. The Morgan fingerprint density at radius 3 is 1.36 bits per heavy atom. The zero-order valence-electron chi connectivity index (χ0n) is 13.4. The number of hydrogen-bond acceptors (Lipinski definition) is 6. The first-order valence-electron chi connectivity index (χ1n) is 7.06. The highest BCUT2D eigenvalue weighted by atomic mass is 35.5. The molecule has 0 aromatic rings. The van der Waals surface area contributed by atoms with Crippen molar-refractivity contribution in [1.29, 1.82) is 0 Å². The molecule has 0 unspecified atom stereocenters. The van der Waals surface area contributed by atoms with Gasteiger partial charge in [-0.2, -0.15) is 0 Å². The molecule has 0 atom stereocenters. The molecule has 22 heavy (non-hydrogen) atoms. The summed E-state index contributed by atoms with van der Waals surface area (Å²) in [7, 11) is 0. The molecule has 0 rings (SSSR count). The lowest BCUT2D eigenvalue weighted by molar-refractivity contribution is -0.00161. The van der Waals surface area contributed by atoms with Gasteiger partial charge < -0.3 is 30.4 Å². The van der Waals surface area contributed by atoms with E-state index in [2.05, 4.69) is 0 Å². The van der Waals surface area contributed by atoms with E-state index in [1.165, 1.54) is 0 Å². The SMILES string of the molecule is CCOCCOCCOCCOCCC(CN)CN.Cl.Cl.Cl. The van der Waals surface area contributed by atoms with Gasteiger partial charge in [-0.1, -0.05) is 0 Å². The summed E-state index contributed by atoms with van der Waals surface area (Å²) in [6.07, 6.45) is 0.910. The highest BCUT2D eigenvalue weighted by molar-refractivity contribution is 5.86. The highest BCUT2D eigenvalue weighted by Gasteiger charge is 2.02. The molecular formula is C13H33Cl3N2O4. The van der Waals surface area contributed by atoms with Gasteiger partial charge in [0.25, 0.3) is 0 Å². The van der Waals surface area contributed by atoms with Gasteiger partial charge in [-0.15, -0.1) is 37.2 Å². The standard InChI is InChI=1S/C13H30N2O4.3ClH/c1-2-16-5-6-18-9-10-19-8-7-17-4-3-13(11-14)12-15;;;/h13H,2-12,14-15H2,1H3;3*1H. The predicted molar refractivity (Wildman–Crippen MR) is 96.9 cm³/mol. The van der Waals surface area contributed by atoms with Gasteiger partial charge in [0, 0.05) is 13.2 Å². The third kappa shape index (κ3) is 22.9. The van der Waals surface area contributed by atoms with Gasteiger partial charge >= 0.3 is 0 Å². The van der Waals surface area contributed by atoms with E-state index in [4.69, 9.17) is 30.4 Å². The van der Waals surface area contributed by atoms with Crippen LogP contribution in [0.3, 0.4) is 0 Å². The molecule has 0 saturated carbocycles. The maximum atomic E-state index is 5.54. The Balaban J connectivity index is -0.000000540. The molecule has 0 saturated heterocycles. The van der Waals surface area contributed by atoms with Crippen LogP contribution in [-0.4, -0.2) is 65.9 Å². The topological polar surface area (TPSA) is 89.0 Å². The Bertz CT molecular complexity index is 181. The fourth-order valence-corrected chi connectivity index (χ4v) is 1.39. The molecular weight excluding hydrogens is 355 g/mol. The molecule has 140 valence electrons. The maximum absolute atomic E-state index is 5.54. The van der Waals surface area contributed by atoms with Crippen LogP contribution in [0.4, 0.5) is 0 Å². The van der Waals surface area contributed by atoms with Gasteiger partial charge in [-0.05, 0) is 32.4 Å². The lowest BCUT2D eigenvalue weighted by Gasteiger charge is -2.12. The van der Waals surface area contributed by atoms with Gasteiger partial charge in [0.2, 0.25) is 0 Å². The second-order valence-corrected chi connectivity index (χ2v) is 4.16. The normalized spacial score (nSPS) is 9.82. The second-order valence-electron chi connectivity index (χ2n) is 4.16. The van der Waals surface area contributed by atoms with Crippen LogP contribution in [0.25, 0.3) is 0 Å². The molecule has 9 heteroatoms. The van der Waals surface area contributed by atoms with Gasteiger partial charge in [-0.3, -0.25) is 0 Å². The summed E-state index contributed by atoms with van der Waals surface area (Å²) in [6.45, 7) is 8.25. The van der Waals surface area contributed by atoms with E-state index in [-0.39, 0.29) is 37.2 Å². The number of rotatable bonds is 15. The quantitative estimate of drug-likeness (QED) is 0.411. The first kappa shape index (κ1) is 30.5. The number of halogens is 3. The van der Waals surface area contributed by atoms with Crippen molar-refractivity contribution >= 4 is 37.2 Å². The van der Waals surface area contributed by atoms with Crippen LogP contribution in [-0.2, 0) is 18.9 Å². The first-order valence-corrected chi connectivity index (χ1v) is 7.06. The molecule has 0 fully saturated rings. The summed E-state index contributed by atoms with van der Waals surface area (Å²) in [4.78, 5) is 0. The Hall–Kier alpha value is 0.630. The Labute approximate surface area is 153 Å². The van der Waals surface area contributed by atoms with Crippen LogP contribution in [0.15, 0.2) is 0 Å². The van der Waals surface area contributed by atoms with Gasteiger partial charge in [0.1, 0.15) is 0 Å². The summed E-state index contributed by atoms with van der Waals surface area (Å²) in [5.74, 6) is 0.361. The van der Waals surface area contributed by atoms with E-state index in [1.807, 2.05) is 6.92 Å². The van der Waals surface area contributed by atoms with Crippen LogP contribution >= 0.6 is 37.2 Å². The molecule has 6 nitrogen and oxygen atoms in total. The molecule has 0 aliphatic carbocycles. The van der Waals surface area contributed by atoms with Crippen molar-refractivity contribution in [2.75, 3.05) is 65.9 Å². The Kier molecular flexibility index (Phi) is 36.8. The summed E-state index contributed by atoms with van der Waals surface area (Å²) < 4.78 is 21.2. The molecule has 0 aromatic heterocycles. The van der Waals surface area contributed by atoms with Gasteiger partial charge in [0.05, 0.1) is 39.6 Å². The number of ether oxygens (including phenoxy) is 4. The molecule has 0 bridgehead atoms. The summed E-state index contributed by atoms with van der Waals surface area (Å²) in [5, 5.41) is 0. The largest absolute Gasteiger partial charge is 0.379 e. The minimum absolute atomic E-state index is 0. The monoisotopic (exact) mass is 386 g/mol. The van der Waals surface area contributed by atoms with E-state index in [9.17, 15) is 0 Å². The fourth-order valence-electron chi connectivity index (χ4n) is 1.39. The van der Waals surface area contributed by atoms with Crippen molar-refractivity contribution in [2.24, 2.45) is 17.4 Å². The van der Waals surface area contributed by atoms with Crippen molar-refractivity contribution < 1.29 is 18.9 Å². The third-order valence-corrected chi connectivity index (χ3v) is 2.66. The van der Waals surface area contributed by atoms with Crippen molar-refractivity contribution in [1.82, 2.24) is 0 Å². The van der Waals surface area contributed by atoms with Crippen LogP contribution in [0.1, 0.15) is 13.3 Å². The lowest BCUT2D eigenvalue weighted by Crippen LogP contribution is -2.24. The average molecular weight is 388 g/mol. The third-order valence-electron chi connectivity index (χ3n) is 2.66. The Morgan fingerprint density at radius 2 is 1.00 bits per heavy atom.